The van der Waals surface area contributed by atoms with Crippen LogP contribution >= 0.6 is 15.9 Å². The van der Waals surface area contributed by atoms with E-state index in [0.29, 0.717) is 28.2 Å². The third kappa shape index (κ3) is 3.26. The fraction of sp³-hybridized carbons (Fsp3) is 0.111. The zero-order chi connectivity index (χ0) is 17.1. The Bertz CT molecular complexity index is 1000. The van der Waals surface area contributed by atoms with E-state index in [0.717, 1.165) is 9.86 Å². The summed E-state index contributed by atoms with van der Waals surface area (Å²) in [5.41, 5.74) is 1.24. The number of rotatable bonds is 4. The van der Waals surface area contributed by atoms with E-state index in [-0.39, 0.29) is 6.61 Å². The lowest BCUT2D eigenvalue weighted by Gasteiger charge is -2.12. The second kappa shape index (κ2) is 6.77. The third-order valence-corrected chi connectivity index (χ3v) is 3.96. The normalized spacial score (nSPS) is 10.4. The number of hydrogen-bond donors (Lipinski definition) is 0. The van der Waals surface area contributed by atoms with Crippen molar-refractivity contribution in [1.82, 2.24) is 0 Å². The zero-order valence-electron chi connectivity index (χ0n) is 12.7. The van der Waals surface area contributed by atoms with Gasteiger partial charge in [-0.05, 0) is 30.3 Å². The van der Waals surface area contributed by atoms with E-state index >= 15 is 0 Å². The van der Waals surface area contributed by atoms with Crippen molar-refractivity contribution in [2.45, 2.75) is 6.61 Å². The molecule has 120 valence electrons. The maximum atomic E-state index is 11.7. The lowest BCUT2D eigenvalue weighted by molar-refractivity contribution is 0.285. The first-order valence-corrected chi connectivity index (χ1v) is 7.83. The van der Waals surface area contributed by atoms with E-state index < -0.39 is 5.63 Å². The molecular formula is C18H12BrNO4. The first-order chi connectivity index (χ1) is 11.6. The van der Waals surface area contributed by atoms with E-state index in [2.05, 4.69) is 15.9 Å². The largest absolute Gasteiger partial charge is 0.493 e. The Labute approximate surface area is 146 Å². The SMILES string of the molecule is COc1cc(C#N)ccc1OCc1cc(=O)oc2cc(Br)ccc12. The highest BCUT2D eigenvalue weighted by molar-refractivity contribution is 9.10. The van der Waals surface area contributed by atoms with Crippen LogP contribution in [0.1, 0.15) is 11.1 Å². The summed E-state index contributed by atoms with van der Waals surface area (Å²) in [6.45, 7) is 0.173. The van der Waals surface area contributed by atoms with Crippen molar-refractivity contribution in [3.8, 4) is 17.6 Å². The van der Waals surface area contributed by atoms with Crippen LogP contribution in [0.25, 0.3) is 11.0 Å². The average Bonchev–Trinajstić information content (AvgIpc) is 2.58. The van der Waals surface area contributed by atoms with Gasteiger partial charge in [0.2, 0.25) is 0 Å². The highest BCUT2D eigenvalue weighted by Gasteiger charge is 2.10. The van der Waals surface area contributed by atoms with Crippen LogP contribution in [0.5, 0.6) is 11.5 Å². The Morgan fingerprint density at radius 1 is 1.17 bits per heavy atom. The van der Waals surface area contributed by atoms with Crippen LogP contribution in [0.2, 0.25) is 0 Å². The standard InChI is InChI=1S/C18H12BrNO4/c1-22-17-6-11(9-20)2-5-15(17)23-10-12-7-18(21)24-16-8-13(19)3-4-14(12)16/h2-8H,10H2,1H3. The third-order valence-electron chi connectivity index (χ3n) is 3.47. The first kappa shape index (κ1) is 16.1. The summed E-state index contributed by atoms with van der Waals surface area (Å²) in [6, 6.07) is 13.8. The van der Waals surface area contributed by atoms with Gasteiger partial charge in [0.1, 0.15) is 12.2 Å². The summed E-state index contributed by atoms with van der Waals surface area (Å²) >= 11 is 3.35. The maximum absolute atomic E-state index is 11.7. The molecule has 3 rings (SSSR count). The van der Waals surface area contributed by atoms with Crippen molar-refractivity contribution in [3.63, 3.8) is 0 Å². The minimum atomic E-state index is -0.439. The van der Waals surface area contributed by atoms with Gasteiger partial charge in [0.25, 0.3) is 0 Å². The predicted octanol–water partition coefficient (Wildman–Crippen LogP) is 4.01. The molecule has 1 heterocycles. The molecule has 0 N–H and O–H groups in total. The van der Waals surface area contributed by atoms with Gasteiger partial charge < -0.3 is 13.9 Å². The van der Waals surface area contributed by atoms with Gasteiger partial charge in [-0.2, -0.15) is 5.26 Å². The minimum Gasteiger partial charge on any atom is -0.493 e. The van der Waals surface area contributed by atoms with Gasteiger partial charge in [-0.3, -0.25) is 0 Å². The number of nitriles is 1. The molecule has 5 nitrogen and oxygen atoms in total. The van der Waals surface area contributed by atoms with E-state index in [9.17, 15) is 4.79 Å². The van der Waals surface area contributed by atoms with Crippen LogP contribution in [-0.2, 0) is 6.61 Å². The Balaban J connectivity index is 1.94. The van der Waals surface area contributed by atoms with E-state index in [1.165, 1.54) is 13.2 Å². The predicted molar refractivity (Wildman–Crippen MR) is 92.2 cm³/mol. The number of benzene rings is 2. The number of halogens is 1. The number of fused-ring (bicyclic) bond motifs is 1. The quantitative estimate of drug-likeness (QED) is 0.634. The highest BCUT2D eigenvalue weighted by atomic mass is 79.9. The Kier molecular flexibility index (Phi) is 4.54. The van der Waals surface area contributed by atoms with Gasteiger partial charge >= 0.3 is 5.63 Å². The summed E-state index contributed by atoms with van der Waals surface area (Å²) < 4.78 is 17.1. The molecule has 0 aliphatic carbocycles. The molecule has 0 bridgehead atoms. The number of nitrogens with zero attached hydrogens (tertiary/aromatic N) is 1. The molecule has 0 atom stereocenters. The summed E-state index contributed by atoms with van der Waals surface area (Å²) in [5, 5.41) is 9.73. The summed E-state index contributed by atoms with van der Waals surface area (Å²) in [6.07, 6.45) is 0. The second-order valence-electron chi connectivity index (χ2n) is 5.00. The van der Waals surface area contributed by atoms with Gasteiger partial charge in [0, 0.05) is 27.6 Å². The van der Waals surface area contributed by atoms with Crippen molar-refractivity contribution in [2.75, 3.05) is 7.11 Å². The minimum absolute atomic E-state index is 0.173. The molecule has 0 radical (unpaired) electrons. The van der Waals surface area contributed by atoms with Crippen LogP contribution in [-0.4, -0.2) is 7.11 Å². The Hall–Kier alpha value is -2.78. The smallest absolute Gasteiger partial charge is 0.336 e. The molecule has 0 aliphatic heterocycles. The van der Waals surface area contributed by atoms with Gasteiger partial charge in [0.05, 0.1) is 18.7 Å². The van der Waals surface area contributed by atoms with Crippen LogP contribution in [0, 0.1) is 11.3 Å². The molecule has 0 spiro atoms. The average molecular weight is 386 g/mol. The number of ether oxygens (including phenoxy) is 2. The molecule has 0 amide bonds. The van der Waals surface area contributed by atoms with E-state index in [4.69, 9.17) is 19.2 Å². The fourth-order valence-corrected chi connectivity index (χ4v) is 2.68. The van der Waals surface area contributed by atoms with E-state index in [1.807, 2.05) is 18.2 Å². The molecule has 3 aromatic rings. The van der Waals surface area contributed by atoms with Gasteiger partial charge in [0.15, 0.2) is 11.5 Å². The fourth-order valence-electron chi connectivity index (χ4n) is 2.34. The van der Waals surface area contributed by atoms with Crippen LogP contribution in [0.15, 0.2) is 56.1 Å². The van der Waals surface area contributed by atoms with E-state index in [1.54, 1.807) is 24.3 Å². The summed E-state index contributed by atoms with van der Waals surface area (Å²) in [7, 11) is 1.51. The molecule has 6 heteroatoms. The molecular weight excluding hydrogens is 374 g/mol. The van der Waals surface area contributed by atoms with Crippen molar-refractivity contribution in [2.24, 2.45) is 0 Å². The van der Waals surface area contributed by atoms with Gasteiger partial charge in [-0.25, -0.2) is 4.79 Å². The Morgan fingerprint density at radius 2 is 2.00 bits per heavy atom. The molecule has 2 aromatic carbocycles. The second-order valence-corrected chi connectivity index (χ2v) is 5.91. The van der Waals surface area contributed by atoms with Crippen molar-refractivity contribution in [1.29, 1.82) is 5.26 Å². The van der Waals surface area contributed by atoms with Crippen LogP contribution < -0.4 is 15.1 Å². The maximum Gasteiger partial charge on any atom is 0.336 e. The number of hydrogen-bond acceptors (Lipinski definition) is 5. The monoisotopic (exact) mass is 385 g/mol. The highest BCUT2D eigenvalue weighted by Crippen LogP contribution is 2.29. The topological polar surface area (TPSA) is 72.5 Å². The summed E-state index contributed by atoms with van der Waals surface area (Å²) in [5.74, 6) is 0.957. The molecule has 0 fully saturated rings. The van der Waals surface area contributed by atoms with Crippen molar-refractivity contribution in [3.05, 3.63) is 68.5 Å². The van der Waals surface area contributed by atoms with Crippen LogP contribution in [0.3, 0.4) is 0 Å². The van der Waals surface area contributed by atoms with Gasteiger partial charge in [-0.1, -0.05) is 15.9 Å². The molecule has 0 unspecified atom stereocenters. The van der Waals surface area contributed by atoms with Crippen molar-refractivity contribution >= 4 is 26.9 Å². The Morgan fingerprint density at radius 3 is 2.75 bits per heavy atom. The zero-order valence-corrected chi connectivity index (χ0v) is 14.3. The molecule has 24 heavy (non-hydrogen) atoms. The molecule has 0 aliphatic rings. The van der Waals surface area contributed by atoms with Gasteiger partial charge in [-0.15, -0.1) is 0 Å². The first-order valence-electron chi connectivity index (χ1n) is 7.04. The lowest BCUT2D eigenvalue weighted by Crippen LogP contribution is -2.04. The lowest BCUT2D eigenvalue weighted by atomic mass is 10.1. The summed E-state index contributed by atoms with van der Waals surface area (Å²) in [4.78, 5) is 11.7. The molecule has 0 saturated heterocycles. The molecule has 1 aromatic heterocycles. The number of methoxy groups -OCH3 is 1. The van der Waals surface area contributed by atoms with Crippen LogP contribution in [0.4, 0.5) is 0 Å². The van der Waals surface area contributed by atoms with Crippen molar-refractivity contribution < 1.29 is 13.9 Å². The molecule has 0 saturated carbocycles.